The minimum Gasteiger partial charge on any atom is -0.498 e. The molecule has 0 heterocycles. The number of ether oxygens (including phenoxy) is 3. The summed E-state index contributed by atoms with van der Waals surface area (Å²) >= 11 is 0. The predicted molar refractivity (Wildman–Crippen MR) is 87.7 cm³/mol. The van der Waals surface area contributed by atoms with Gasteiger partial charge in [0.1, 0.15) is 18.0 Å². The molecule has 0 aliphatic heterocycles. The maximum atomic E-state index is 12.1. The van der Waals surface area contributed by atoms with Gasteiger partial charge in [-0.1, -0.05) is 12.2 Å². The standard InChI is InChI=1S/C18H24O5/c1-6-7-15-11-18(22-5,17(21-4)10-16(15)20)9-8-13(2)12-23-14(3)19/h6,8,10-11H,1,7,9,12H2,2-5H3/b13-8+/t18-/m0/s1. The molecule has 0 spiro atoms. The highest BCUT2D eigenvalue weighted by Crippen LogP contribution is 2.34. The molecule has 5 nitrogen and oxygen atoms in total. The largest absolute Gasteiger partial charge is 0.498 e. The Kier molecular flexibility index (Phi) is 6.97. The quantitative estimate of drug-likeness (QED) is 0.508. The number of ketones is 1. The number of carbonyl (C=O) groups is 2. The van der Waals surface area contributed by atoms with Crippen molar-refractivity contribution in [1.82, 2.24) is 0 Å². The van der Waals surface area contributed by atoms with Crippen LogP contribution in [0.1, 0.15) is 26.7 Å². The Balaban J connectivity index is 3.05. The first-order valence-electron chi connectivity index (χ1n) is 7.35. The van der Waals surface area contributed by atoms with Crippen LogP contribution in [0.15, 0.2) is 47.8 Å². The highest BCUT2D eigenvalue weighted by atomic mass is 16.5. The van der Waals surface area contributed by atoms with Gasteiger partial charge in [-0.25, -0.2) is 0 Å². The predicted octanol–water partition coefficient (Wildman–Crippen LogP) is 2.89. The van der Waals surface area contributed by atoms with Crippen LogP contribution in [0.3, 0.4) is 0 Å². The molecule has 0 bridgehead atoms. The highest BCUT2D eigenvalue weighted by Gasteiger charge is 2.37. The summed E-state index contributed by atoms with van der Waals surface area (Å²) in [5, 5.41) is 0. The zero-order chi connectivity index (χ0) is 17.5. The topological polar surface area (TPSA) is 61.8 Å². The van der Waals surface area contributed by atoms with Gasteiger partial charge in [-0.3, -0.25) is 9.59 Å². The van der Waals surface area contributed by atoms with Crippen LogP contribution in [-0.4, -0.2) is 38.2 Å². The van der Waals surface area contributed by atoms with Crippen LogP contribution in [0.4, 0.5) is 0 Å². The van der Waals surface area contributed by atoms with Crippen LogP contribution in [0.2, 0.25) is 0 Å². The van der Waals surface area contributed by atoms with E-state index in [1.807, 2.05) is 13.0 Å². The lowest BCUT2D eigenvalue weighted by Gasteiger charge is -2.33. The van der Waals surface area contributed by atoms with Gasteiger partial charge >= 0.3 is 5.97 Å². The maximum Gasteiger partial charge on any atom is 0.302 e. The van der Waals surface area contributed by atoms with E-state index in [-0.39, 0.29) is 18.4 Å². The van der Waals surface area contributed by atoms with Crippen molar-refractivity contribution in [3.8, 4) is 0 Å². The van der Waals surface area contributed by atoms with Crippen molar-refractivity contribution in [1.29, 1.82) is 0 Å². The smallest absolute Gasteiger partial charge is 0.302 e. The van der Waals surface area contributed by atoms with Crippen molar-refractivity contribution >= 4 is 11.8 Å². The average molecular weight is 320 g/mol. The Morgan fingerprint density at radius 1 is 1.35 bits per heavy atom. The molecule has 0 radical (unpaired) electrons. The SMILES string of the molecule is C=CCC1=C[C@](C/C=C(\C)COC(C)=O)(OC)C(OC)=CC1=O. The fraction of sp³-hybridized carbons (Fsp3) is 0.444. The number of hydrogen-bond acceptors (Lipinski definition) is 5. The molecular formula is C18H24O5. The highest BCUT2D eigenvalue weighted by molar-refractivity contribution is 6.06. The Morgan fingerprint density at radius 2 is 2.04 bits per heavy atom. The first-order chi connectivity index (χ1) is 10.9. The molecule has 1 aliphatic rings. The molecule has 1 aliphatic carbocycles. The van der Waals surface area contributed by atoms with Crippen LogP contribution in [-0.2, 0) is 23.8 Å². The van der Waals surface area contributed by atoms with Crippen molar-refractivity contribution in [3.63, 3.8) is 0 Å². The van der Waals surface area contributed by atoms with Gasteiger partial charge in [0, 0.05) is 32.1 Å². The zero-order valence-corrected chi connectivity index (χ0v) is 14.2. The summed E-state index contributed by atoms with van der Waals surface area (Å²) in [6.45, 7) is 7.13. The fourth-order valence-electron chi connectivity index (χ4n) is 2.31. The fourth-order valence-corrected chi connectivity index (χ4v) is 2.31. The molecule has 126 valence electrons. The van der Waals surface area contributed by atoms with E-state index >= 15 is 0 Å². The summed E-state index contributed by atoms with van der Waals surface area (Å²) in [5.74, 6) is 0.0255. The molecule has 0 amide bonds. The normalized spacial score (nSPS) is 21.4. The van der Waals surface area contributed by atoms with E-state index in [0.717, 1.165) is 5.57 Å². The first-order valence-corrected chi connectivity index (χ1v) is 7.35. The molecule has 0 aromatic heterocycles. The number of methoxy groups -OCH3 is 2. The van der Waals surface area contributed by atoms with Crippen molar-refractivity contribution in [2.75, 3.05) is 20.8 Å². The third kappa shape index (κ3) is 4.93. The zero-order valence-electron chi connectivity index (χ0n) is 14.2. The molecular weight excluding hydrogens is 296 g/mol. The van der Waals surface area contributed by atoms with E-state index in [2.05, 4.69) is 6.58 Å². The summed E-state index contributed by atoms with van der Waals surface area (Å²) in [7, 11) is 3.08. The molecule has 0 unspecified atom stereocenters. The number of carbonyl (C=O) groups excluding carboxylic acids is 2. The Labute approximate surface area is 137 Å². The van der Waals surface area contributed by atoms with Gasteiger partial charge in [0.15, 0.2) is 5.78 Å². The molecule has 1 rings (SSSR count). The minimum atomic E-state index is -0.849. The summed E-state index contributed by atoms with van der Waals surface area (Å²) in [6, 6.07) is 0. The summed E-state index contributed by atoms with van der Waals surface area (Å²) in [5.41, 5.74) is 0.662. The van der Waals surface area contributed by atoms with Crippen LogP contribution in [0.25, 0.3) is 0 Å². The average Bonchev–Trinajstić information content (AvgIpc) is 2.53. The van der Waals surface area contributed by atoms with Crippen molar-refractivity contribution < 1.29 is 23.8 Å². The monoisotopic (exact) mass is 320 g/mol. The number of hydrogen-bond donors (Lipinski definition) is 0. The van der Waals surface area contributed by atoms with Gasteiger partial charge in [-0.2, -0.15) is 0 Å². The minimum absolute atomic E-state index is 0.102. The van der Waals surface area contributed by atoms with Crippen molar-refractivity contribution in [3.05, 3.63) is 47.8 Å². The van der Waals surface area contributed by atoms with Gasteiger partial charge in [0.05, 0.1) is 7.11 Å². The lowest BCUT2D eigenvalue weighted by molar-refractivity contribution is -0.140. The van der Waals surface area contributed by atoms with Crippen LogP contribution in [0.5, 0.6) is 0 Å². The number of rotatable bonds is 8. The van der Waals surface area contributed by atoms with Crippen molar-refractivity contribution in [2.24, 2.45) is 0 Å². The third-order valence-corrected chi connectivity index (χ3v) is 3.61. The van der Waals surface area contributed by atoms with Gasteiger partial charge in [0.25, 0.3) is 0 Å². The van der Waals surface area contributed by atoms with Gasteiger partial charge < -0.3 is 14.2 Å². The number of esters is 1. The second-order valence-electron chi connectivity index (χ2n) is 5.37. The van der Waals surface area contributed by atoms with Crippen LogP contribution in [0, 0.1) is 0 Å². The molecule has 0 fully saturated rings. The van der Waals surface area contributed by atoms with E-state index in [1.165, 1.54) is 20.1 Å². The molecule has 23 heavy (non-hydrogen) atoms. The van der Waals surface area contributed by atoms with Crippen LogP contribution < -0.4 is 0 Å². The Hall–Kier alpha value is -2.14. The van der Waals surface area contributed by atoms with E-state index in [9.17, 15) is 9.59 Å². The summed E-state index contributed by atoms with van der Waals surface area (Å²) in [4.78, 5) is 22.9. The lowest BCUT2D eigenvalue weighted by atomic mass is 9.85. The Morgan fingerprint density at radius 3 is 2.57 bits per heavy atom. The Bertz CT molecular complexity index is 568. The third-order valence-electron chi connectivity index (χ3n) is 3.61. The van der Waals surface area contributed by atoms with E-state index in [0.29, 0.717) is 24.2 Å². The first kappa shape index (κ1) is 18.9. The van der Waals surface area contributed by atoms with E-state index in [1.54, 1.807) is 19.3 Å². The second-order valence-corrected chi connectivity index (χ2v) is 5.37. The van der Waals surface area contributed by atoms with Gasteiger partial charge in [-0.05, 0) is 25.0 Å². The lowest BCUT2D eigenvalue weighted by Crippen LogP contribution is -2.36. The van der Waals surface area contributed by atoms with E-state index < -0.39 is 5.60 Å². The molecule has 5 heteroatoms. The molecule has 0 saturated carbocycles. The van der Waals surface area contributed by atoms with Gasteiger partial charge in [-0.15, -0.1) is 6.58 Å². The molecule has 0 aromatic carbocycles. The molecule has 0 aromatic rings. The summed E-state index contributed by atoms with van der Waals surface area (Å²) < 4.78 is 16.0. The molecule has 0 N–H and O–H groups in total. The second kappa shape index (κ2) is 8.48. The van der Waals surface area contributed by atoms with E-state index in [4.69, 9.17) is 14.2 Å². The molecule has 1 atom stereocenters. The molecule has 0 saturated heterocycles. The van der Waals surface area contributed by atoms with Gasteiger partial charge in [0.2, 0.25) is 0 Å². The number of allylic oxidation sites excluding steroid dienone is 3. The maximum absolute atomic E-state index is 12.1. The van der Waals surface area contributed by atoms with Crippen molar-refractivity contribution in [2.45, 2.75) is 32.3 Å². The summed E-state index contributed by atoms with van der Waals surface area (Å²) in [6.07, 6.45) is 7.76. The van der Waals surface area contributed by atoms with Crippen LogP contribution >= 0.6 is 0 Å².